The number of benzene rings is 6. The summed E-state index contributed by atoms with van der Waals surface area (Å²) in [5.74, 6) is -0.0647. The number of alkyl carbamates (subject to hydrolysis) is 1. The Kier molecular flexibility index (Phi) is 12.4. The van der Waals surface area contributed by atoms with E-state index in [0.29, 0.717) is 13.0 Å². The average molecular weight is 735 g/mol. The first-order valence-electron chi connectivity index (χ1n) is 18.2. The lowest BCUT2D eigenvalue weighted by atomic mass is 10.0. The third-order valence-corrected chi connectivity index (χ3v) is 15.2. The number of nitrogens with zero attached hydrogens (tertiary/aromatic N) is 1. The lowest BCUT2D eigenvalue weighted by molar-refractivity contribution is -0.133. The van der Waals surface area contributed by atoms with Crippen molar-refractivity contribution in [3.63, 3.8) is 0 Å². The highest BCUT2D eigenvalue weighted by Gasteiger charge is 2.43. The molecule has 1 saturated heterocycles. The van der Waals surface area contributed by atoms with Crippen LogP contribution in [-0.2, 0) is 22.6 Å². The molecule has 0 aliphatic carbocycles. The van der Waals surface area contributed by atoms with Crippen LogP contribution in [0.25, 0.3) is 0 Å². The largest absolute Gasteiger partial charge is 0.445 e. The molecule has 0 radical (unpaired) electrons. The fraction of sp³-hybridized carbons (Fsp3) is 0.174. The van der Waals surface area contributed by atoms with Crippen LogP contribution >= 0.6 is 15.8 Å². The molecule has 1 aliphatic rings. The highest BCUT2D eigenvalue weighted by Crippen LogP contribution is 2.48. The summed E-state index contributed by atoms with van der Waals surface area (Å²) in [6.07, 6.45) is 1.47. The van der Waals surface area contributed by atoms with Crippen LogP contribution in [0.4, 0.5) is 4.79 Å². The second-order valence-electron chi connectivity index (χ2n) is 13.3. The third-order valence-electron chi connectivity index (χ3n) is 9.72. The van der Waals surface area contributed by atoms with Crippen LogP contribution < -0.4 is 26.5 Å². The first-order chi connectivity index (χ1) is 26.1. The smallest absolute Gasteiger partial charge is 0.408 e. The minimum absolute atomic E-state index is 0.0307. The maximum Gasteiger partial charge on any atom is 0.408 e. The molecule has 3 atom stereocenters. The molecule has 5 nitrogen and oxygen atoms in total. The molecule has 1 N–H and O–H groups in total. The standard InChI is InChI=1S/C46H44N2O3P2/c49-45(44(31-36-19-7-1-8-20-36)47-46(50)51-34-37-21-9-2-10-22-37)48-33-43(53(41-27-15-5-16-28-41)42-29-17-6-18-30-42)32-38(48)35-52(39-23-11-3-12-24-39)40-25-13-4-14-26-40/h1-30,38,43-44H,31-35H2,(H,47,50)/t38?,43?,44-/m0/s1. The summed E-state index contributed by atoms with van der Waals surface area (Å²) in [6, 6.07) is 61.7. The van der Waals surface area contributed by atoms with E-state index >= 15 is 4.79 Å². The Labute approximate surface area is 315 Å². The number of likely N-dealkylation sites (tertiary alicyclic amines) is 1. The zero-order valence-corrected chi connectivity index (χ0v) is 31.4. The van der Waals surface area contributed by atoms with E-state index in [1.165, 1.54) is 21.2 Å². The SMILES string of the molecule is O=C(N[C@@H](Cc1ccccc1)C(=O)N1CC(P(c2ccccc2)c2ccccc2)CC1CP(c1ccccc1)c1ccccc1)OCc1ccccc1. The van der Waals surface area contributed by atoms with Gasteiger partial charge in [0.15, 0.2) is 0 Å². The summed E-state index contributed by atoms with van der Waals surface area (Å²) < 4.78 is 5.68. The van der Waals surface area contributed by atoms with Gasteiger partial charge >= 0.3 is 6.09 Å². The van der Waals surface area contributed by atoms with Gasteiger partial charge in [0.1, 0.15) is 12.6 Å². The molecule has 266 valence electrons. The highest BCUT2D eigenvalue weighted by atomic mass is 31.1. The topological polar surface area (TPSA) is 58.6 Å². The lowest BCUT2D eigenvalue weighted by Crippen LogP contribution is -2.52. The Balaban J connectivity index is 1.24. The maximum atomic E-state index is 15.1. The van der Waals surface area contributed by atoms with E-state index in [2.05, 4.69) is 132 Å². The van der Waals surface area contributed by atoms with Crippen molar-refractivity contribution in [2.45, 2.75) is 37.2 Å². The van der Waals surface area contributed by atoms with Crippen LogP contribution in [0.15, 0.2) is 182 Å². The third kappa shape index (κ3) is 9.48. The molecule has 2 amide bonds. The molecule has 1 heterocycles. The molecular formula is C46H44N2O3P2. The quantitative estimate of drug-likeness (QED) is 0.124. The first-order valence-corrected chi connectivity index (χ1v) is 21.1. The van der Waals surface area contributed by atoms with Gasteiger partial charge in [-0.2, -0.15) is 0 Å². The maximum absolute atomic E-state index is 15.1. The van der Waals surface area contributed by atoms with E-state index in [4.69, 9.17) is 4.74 Å². The van der Waals surface area contributed by atoms with Crippen LogP contribution in [0.5, 0.6) is 0 Å². The number of carbonyl (C=O) groups excluding carboxylic acids is 2. The van der Waals surface area contributed by atoms with Gasteiger partial charge in [0.25, 0.3) is 0 Å². The van der Waals surface area contributed by atoms with E-state index in [-0.39, 0.29) is 24.2 Å². The Morgan fingerprint density at radius 1 is 0.604 bits per heavy atom. The van der Waals surface area contributed by atoms with Gasteiger partial charge in [0.05, 0.1) is 0 Å². The predicted molar refractivity (Wildman–Crippen MR) is 221 cm³/mol. The lowest BCUT2D eigenvalue weighted by Gasteiger charge is -2.32. The van der Waals surface area contributed by atoms with Gasteiger partial charge in [0.2, 0.25) is 5.91 Å². The van der Waals surface area contributed by atoms with Crippen molar-refractivity contribution in [2.75, 3.05) is 12.7 Å². The van der Waals surface area contributed by atoms with Crippen molar-refractivity contribution in [3.8, 4) is 0 Å². The molecule has 0 aromatic heterocycles. The van der Waals surface area contributed by atoms with Gasteiger partial charge in [-0.25, -0.2) is 4.79 Å². The van der Waals surface area contributed by atoms with E-state index in [1.807, 2.05) is 60.7 Å². The van der Waals surface area contributed by atoms with E-state index in [0.717, 1.165) is 23.7 Å². The van der Waals surface area contributed by atoms with Crippen molar-refractivity contribution >= 4 is 49.1 Å². The number of rotatable bonds is 13. The van der Waals surface area contributed by atoms with Crippen LogP contribution in [0.1, 0.15) is 17.5 Å². The van der Waals surface area contributed by atoms with Crippen molar-refractivity contribution in [1.29, 1.82) is 0 Å². The molecule has 0 spiro atoms. The summed E-state index contributed by atoms with van der Waals surface area (Å²) in [6.45, 7) is 0.738. The van der Waals surface area contributed by atoms with E-state index in [1.54, 1.807) is 0 Å². The first kappa shape index (κ1) is 36.3. The van der Waals surface area contributed by atoms with E-state index in [9.17, 15) is 4.79 Å². The Morgan fingerprint density at radius 2 is 1.04 bits per heavy atom. The number of hydrogen-bond donors (Lipinski definition) is 1. The minimum Gasteiger partial charge on any atom is -0.445 e. The second-order valence-corrected chi connectivity index (χ2v) is 18.1. The van der Waals surface area contributed by atoms with Gasteiger partial charge in [-0.05, 0) is 60.8 Å². The van der Waals surface area contributed by atoms with Gasteiger partial charge in [0, 0.05) is 24.7 Å². The Bertz CT molecular complexity index is 1940. The number of hydrogen-bond acceptors (Lipinski definition) is 3. The highest BCUT2D eigenvalue weighted by molar-refractivity contribution is 7.74. The minimum atomic E-state index is -0.790. The van der Waals surface area contributed by atoms with Crippen molar-refractivity contribution in [3.05, 3.63) is 193 Å². The molecule has 7 rings (SSSR count). The molecule has 1 fully saturated rings. The Hall–Kier alpha value is -5.08. The zero-order chi connectivity index (χ0) is 36.2. The van der Waals surface area contributed by atoms with Crippen LogP contribution in [-0.4, -0.2) is 47.3 Å². The van der Waals surface area contributed by atoms with Crippen molar-refractivity contribution < 1.29 is 14.3 Å². The zero-order valence-electron chi connectivity index (χ0n) is 29.7. The molecule has 1 aliphatic heterocycles. The summed E-state index contributed by atoms with van der Waals surface area (Å²) in [4.78, 5) is 30.7. The van der Waals surface area contributed by atoms with Gasteiger partial charge in [-0.3, -0.25) is 4.79 Å². The number of amides is 2. The molecule has 6 aromatic rings. The number of carbonyl (C=O) groups is 2. The monoisotopic (exact) mass is 734 g/mol. The summed E-state index contributed by atoms with van der Waals surface area (Å²) >= 11 is 0. The summed E-state index contributed by atoms with van der Waals surface area (Å²) in [5.41, 5.74) is 2.10. The fourth-order valence-electron chi connectivity index (χ4n) is 7.21. The fourth-order valence-corrected chi connectivity index (χ4v) is 12.7. The molecule has 2 unspecified atom stereocenters. The molecular weight excluding hydrogens is 690 g/mol. The molecule has 0 bridgehead atoms. The Morgan fingerprint density at radius 3 is 1.53 bits per heavy atom. The summed E-state index contributed by atoms with van der Waals surface area (Å²) in [5, 5.41) is 8.22. The van der Waals surface area contributed by atoms with Gasteiger partial charge in [-0.1, -0.05) is 182 Å². The molecule has 7 heteroatoms. The van der Waals surface area contributed by atoms with Crippen LogP contribution in [0.3, 0.4) is 0 Å². The number of ether oxygens (including phenoxy) is 1. The van der Waals surface area contributed by atoms with E-state index < -0.39 is 28.0 Å². The summed E-state index contributed by atoms with van der Waals surface area (Å²) in [7, 11) is -1.55. The molecule has 6 aromatic carbocycles. The van der Waals surface area contributed by atoms with Crippen LogP contribution in [0, 0.1) is 0 Å². The molecule has 0 saturated carbocycles. The van der Waals surface area contributed by atoms with Crippen molar-refractivity contribution in [2.24, 2.45) is 0 Å². The van der Waals surface area contributed by atoms with Gasteiger partial charge in [-0.15, -0.1) is 0 Å². The van der Waals surface area contributed by atoms with Crippen molar-refractivity contribution in [1.82, 2.24) is 10.2 Å². The number of nitrogens with one attached hydrogen (secondary N) is 1. The second kappa shape index (κ2) is 18.1. The average Bonchev–Trinajstić information content (AvgIpc) is 3.64. The van der Waals surface area contributed by atoms with Crippen LogP contribution in [0.2, 0.25) is 0 Å². The predicted octanol–water partition coefficient (Wildman–Crippen LogP) is 7.76. The van der Waals surface area contributed by atoms with Gasteiger partial charge < -0.3 is 15.0 Å². The normalized spacial score (nSPS) is 16.0. The molecule has 53 heavy (non-hydrogen) atoms.